The first-order chi connectivity index (χ1) is 15.0. The van der Waals surface area contributed by atoms with Crippen molar-refractivity contribution >= 4 is 16.9 Å². The van der Waals surface area contributed by atoms with Crippen molar-refractivity contribution in [1.82, 2.24) is 14.9 Å². The summed E-state index contributed by atoms with van der Waals surface area (Å²) in [5.41, 5.74) is 2.58. The maximum atomic E-state index is 14.3. The largest absolute Gasteiger partial charge is 0.486 e. The van der Waals surface area contributed by atoms with Crippen LogP contribution in [0.5, 0.6) is 5.75 Å². The van der Waals surface area contributed by atoms with Crippen LogP contribution in [-0.4, -0.2) is 21.5 Å². The quantitative estimate of drug-likeness (QED) is 0.463. The summed E-state index contributed by atoms with van der Waals surface area (Å²) in [6, 6.07) is 21.6. The van der Waals surface area contributed by atoms with Gasteiger partial charge < -0.3 is 14.6 Å². The van der Waals surface area contributed by atoms with Crippen molar-refractivity contribution in [2.24, 2.45) is 0 Å². The lowest BCUT2D eigenvalue weighted by atomic mass is 10.1. The normalized spacial score (nSPS) is 11.1. The van der Waals surface area contributed by atoms with Crippen LogP contribution in [0.4, 0.5) is 4.39 Å². The third kappa shape index (κ3) is 4.74. The lowest BCUT2D eigenvalue weighted by molar-refractivity contribution is 0.0943. The van der Waals surface area contributed by atoms with E-state index in [9.17, 15) is 9.18 Å². The number of para-hydroxylation sites is 1. The van der Waals surface area contributed by atoms with E-state index >= 15 is 0 Å². The number of rotatable bonds is 7. The second-order valence-corrected chi connectivity index (χ2v) is 7.64. The summed E-state index contributed by atoms with van der Waals surface area (Å²) in [6.45, 7) is 4.37. The molecule has 0 fully saturated rings. The highest BCUT2D eigenvalue weighted by molar-refractivity contribution is 5.97. The number of benzene rings is 3. The minimum Gasteiger partial charge on any atom is -0.486 e. The van der Waals surface area contributed by atoms with E-state index < -0.39 is 0 Å². The smallest absolute Gasteiger partial charge is 0.251 e. The maximum Gasteiger partial charge on any atom is 0.251 e. The SMILES string of the molecule is CC(C)NC(=O)c1ccc2c(c1)nc(COc1ccccc1)n2Cc1ccccc1F. The molecule has 0 aliphatic carbocycles. The third-order valence-corrected chi connectivity index (χ3v) is 4.91. The van der Waals surface area contributed by atoms with Crippen molar-refractivity contribution in [2.45, 2.75) is 33.0 Å². The number of carbonyl (C=O) groups excluding carboxylic acids is 1. The molecule has 0 aliphatic rings. The van der Waals surface area contributed by atoms with Crippen LogP contribution in [-0.2, 0) is 13.2 Å². The number of fused-ring (bicyclic) bond motifs is 1. The van der Waals surface area contributed by atoms with Crippen LogP contribution in [0.25, 0.3) is 11.0 Å². The van der Waals surface area contributed by atoms with E-state index in [0.29, 0.717) is 29.0 Å². The van der Waals surface area contributed by atoms with Gasteiger partial charge in [0.1, 0.15) is 24.0 Å². The lowest BCUT2D eigenvalue weighted by Gasteiger charge is -2.12. The zero-order valence-electron chi connectivity index (χ0n) is 17.5. The Hall–Kier alpha value is -3.67. The minimum atomic E-state index is -0.271. The zero-order valence-corrected chi connectivity index (χ0v) is 17.5. The second-order valence-electron chi connectivity index (χ2n) is 7.64. The van der Waals surface area contributed by atoms with Crippen molar-refractivity contribution < 1.29 is 13.9 Å². The maximum absolute atomic E-state index is 14.3. The predicted molar refractivity (Wildman–Crippen MR) is 119 cm³/mol. The van der Waals surface area contributed by atoms with Gasteiger partial charge in [0.15, 0.2) is 0 Å². The Kier molecular flexibility index (Phi) is 5.98. The van der Waals surface area contributed by atoms with Gasteiger partial charge in [-0.3, -0.25) is 4.79 Å². The average Bonchev–Trinajstić information content (AvgIpc) is 3.10. The van der Waals surface area contributed by atoms with Gasteiger partial charge in [-0.2, -0.15) is 0 Å². The molecule has 6 heteroatoms. The standard InChI is InChI=1S/C25H24FN3O2/c1-17(2)27-25(30)18-12-13-23-22(14-18)28-24(16-31-20-9-4-3-5-10-20)29(23)15-19-8-6-7-11-21(19)26/h3-14,17H,15-16H2,1-2H3,(H,27,30). The van der Waals surface area contributed by atoms with E-state index in [1.807, 2.05) is 60.9 Å². The van der Waals surface area contributed by atoms with Crippen molar-refractivity contribution in [3.05, 3.63) is 95.6 Å². The van der Waals surface area contributed by atoms with Crippen LogP contribution in [0.1, 0.15) is 35.6 Å². The first-order valence-electron chi connectivity index (χ1n) is 10.2. The third-order valence-electron chi connectivity index (χ3n) is 4.91. The minimum absolute atomic E-state index is 0.0386. The van der Waals surface area contributed by atoms with Gasteiger partial charge in [-0.1, -0.05) is 36.4 Å². The number of nitrogens with one attached hydrogen (secondary N) is 1. The van der Waals surface area contributed by atoms with E-state index in [2.05, 4.69) is 5.32 Å². The molecule has 1 N–H and O–H groups in total. The van der Waals surface area contributed by atoms with Crippen LogP contribution in [0.15, 0.2) is 72.8 Å². The summed E-state index contributed by atoms with van der Waals surface area (Å²) in [5.74, 6) is 0.961. The Bertz CT molecular complexity index is 1200. The Morgan fingerprint density at radius 1 is 1.06 bits per heavy atom. The monoisotopic (exact) mass is 417 g/mol. The summed E-state index contributed by atoms with van der Waals surface area (Å²) in [7, 11) is 0. The number of hydrogen-bond donors (Lipinski definition) is 1. The molecular weight excluding hydrogens is 393 g/mol. The molecule has 4 rings (SSSR count). The van der Waals surface area contributed by atoms with E-state index in [4.69, 9.17) is 9.72 Å². The molecule has 5 nitrogen and oxygen atoms in total. The van der Waals surface area contributed by atoms with E-state index in [0.717, 1.165) is 11.3 Å². The van der Waals surface area contributed by atoms with Gasteiger partial charge in [0, 0.05) is 17.2 Å². The molecule has 0 atom stereocenters. The molecular formula is C25H24FN3O2. The number of imidazole rings is 1. The average molecular weight is 417 g/mol. The molecule has 0 radical (unpaired) electrons. The summed E-state index contributed by atoms with van der Waals surface area (Å²) in [6.07, 6.45) is 0. The fourth-order valence-electron chi connectivity index (χ4n) is 3.41. The van der Waals surface area contributed by atoms with E-state index in [-0.39, 0.29) is 24.4 Å². The van der Waals surface area contributed by atoms with E-state index in [1.54, 1.807) is 24.3 Å². The molecule has 0 aliphatic heterocycles. The molecule has 1 heterocycles. The highest BCUT2D eigenvalue weighted by atomic mass is 19.1. The molecule has 1 aromatic heterocycles. The first kappa shape index (κ1) is 20.6. The lowest BCUT2D eigenvalue weighted by Crippen LogP contribution is -2.29. The Morgan fingerprint density at radius 2 is 1.81 bits per heavy atom. The molecule has 0 bridgehead atoms. The van der Waals surface area contributed by atoms with Crippen LogP contribution < -0.4 is 10.1 Å². The van der Waals surface area contributed by atoms with Gasteiger partial charge in [0.05, 0.1) is 17.6 Å². The van der Waals surface area contributed by atoms with Gasteiger partial charge in [0.25, 0.3) is 5.91 Å². The Morgan fingerprint density at radius 3 is 2.55 bits per heavy atom. The van der Waals surface area contributed by atoms with Crippen molar-refractivity contribution in [2.75, 3.05) is 0 Å². The Labute approximate surface area is 180 Å². The van der Waals surface area contributed by atoms with Crippen LogP contribution in [0.3, 0.4) is 0 Å². The molecule has 0 saturated carbocycles. The summed E-state index contributed by atoms with van der Waals surface area (Å²) < 4.78 is 22.2. The van der Waals surface area contributed by atoms with Gasteiger partial charge in [0.2, 0.25) is 0 Å². The summed E-state index contributed by atoms with van der Waals surface area (Å²) in [5, 5.41) is 2.89. The van der Waals surface area contributed by atoms with E-state index in [1.165, 1.54) is 6.07 Å². The second kappa shape index (κ2) is 9.00. The highest BCUT2D eigenvalue weighted by Gasteiger charge is 2.16. The molecule has 0 spiro atoms. The molecule has 4 aromatic rings. The van der Waals surface area contributed by atoms with Crippen LogP contribution in [0, 0.1) is 5.82 Å². The topological polar surface area (TPSA) is 56.1 Å². The zero-order chi connectivity index (χ0) is 21.8. The first-order valence-corrected chi connectivity index (χ1v) is 10.2. The number of ether oxygens (including phenoxy) is 1. The number of hydrogen-bond acceptors (Lipinski definition) is 3. The molecule has 158 valence electrons. The summed E-state index contributed by atoms with van der Waals surface area (Å²) in [4.78, 5) is 17.1. The number of amides is 1. The molecule has 0 saturated heterocycles. The number of halogens is 1. The molecule has 3 aromatic carbocycles. The van der Waals surface area contributed by atoms with Crippen molar-refractivity contribution in [3.63, 3.8) is 0 Å². The number of nitrogens with zero attached hydrogens (tertiary/aromatic N) is 2. The van der Waals surface area contributed by atoms with Crippen LogP contribution >= 0.6 is 0 Å². The number of carbonyl (C=O) groups is 1. The Balaban J connectivity index is 1.71. The molecule has 0 unspecified atom stereocenters. The van der Waals surface area contributed by atoms with Gasteiger partial charge in [-0.15, -0.1) is 0 Å². The fourth-order valence-corrected chi connectivity index (χ4v) is 3.41. The van der Waals surface area contributed by atoms with Gasteiger partial charge in [-0.25, -0.2) is 9.37 Å². The summed E-state index contributed by atoms with van der Waals surface area (Å²) >= 11 is 0. The van der Waals surface area contributed by atoms with Crippen molar-refractivity contribution in [1.29, 1.82) is 0 Å². The highest BCUT2D eigenvalue weighted by Crippen LogP contribution is 2.22. The fraction of sp³-hybridized carbons (Fsp3) is 0.200. The molecule has 31 heavy (non-hydrogen) atoms. The molecule has 1 amide bonds. The predicted octanol–water partition coefficient (Wildman–Crippen LogP) is 4.94. The van der Waals surface area contributed by atoms with Crippen molar-refractivity contribution in [3.8, 4) is 5.75 Å². The van der Waals surface area contributed by atoms with Crippen LogP contribution in [0.2, 0.25) is 0 Å². The van der Waals surface area contributed by atoms with Gasteiger partial charge >= 0.3 is 0 Å². The van der Waals surface area contributed by atoms with Gasteiger partial charge in [-0.05, 0) is 50.2 Å². The number of aromatic nitrogens is 2.